The monoisotopic (exact) mass is 461 g/mol. The lowest BCUT2D eigenvalue weighted by Crippen LogP contribution is -2.07. The summed E-state index contributed by atoms with van der Waals surface area (Å²) in [5.41, 5.74) is 5.09. The second-order valence-corrected chi connectivity index (χ2v) is 8.01. The fourth-order valence-electron chi connectivity index (χ4n) is 3.69. The maximum Gasteiger partial charge on any atom is 0.248 e. The van der Waals surface area contributed by atoms with E-state index in [2.05, 4.69) is 37.6 Å². The fourth-order valence-corrected chi connectivity index (χ4v) is 3.69. The molecule has 0 bridgehead atoms. The molecule has 0 radical (unpaired) electrons. The van der Waals surface area contributed by atoms with Crippen molar-refractivity contribution in [2.75, 3.05) is 5.32 Å². The number of amides is 1. The van der Waals surface area contributed by atoms with Crippen molar-refractivity contribution >= 4 is 17.7 Å². The van der Waals surface area contributed by atoms with Gasteiger partial charge in [-0.1, -0.05) is 42.5 Å². The summed E-state index contributed by atoms with van der Waals surface area (Å²) in [4.78, 5) is 21.3. The van der Waals surface area contributed by atoms with Crippen LogP contribution in [0.5, 0.6) is 0 Å². The van der Waals surface area contributed by atoms with Crippen molar-refractivity contribution in [2.45, 2.75) is 13.5 Å². The second kappa shape index (κ2) is 9.96. The number of nitrogens with zero attached hydrogens (tertiary/aromatic N) is 5. The Labute approximate surface area is 202 Å². The SMILES string of the molecule is Cc1nc(-c2cccc(NC(=O)/C=C/c3cn(Cc4ccccc4)nc3-c3cccnc3)c2)n[nH]1. The number of H-pyrrole nitrogens is 1. The smallest absolute Gasteiger partial charge is 0.248 e. The van der Waals surface area contributed by atoms with Gasteiger partial charge >= 0.3 is 0 Å². The van der Waals surface area contributed by atoms with Crippen LogP contribution in [0.4, 0.5) is 5.69 Å². The van der Waals surface area contributed by atoms with Gasteiger partial charge < -0.3 is 5.32 Å². The topological polar surface area (TPSA) is 101 Å². The van der Waals surface area contributed by atoms with Crippen LogP contribution in [0.1, 0.15) is 17.0 Å². The number of hydrogen-bond donors (Lipinski definition) is 2. The number of benzene rings is 2. The molecule has 0 aliphatic rings. The van der Waals surface area contributed by atoms with Crippen molar-refractivity contribution in [1.82, 2.24) is 29.9 Å². The molecule has 0 saturated heterocycles. The molecule has 172 valence electrons. The van der Waals surface area contributed by atoms with Crippen molar-refractivity contribution in [3.8, 4) is 22.6 Å². The molecule has 8 nitrogen and oxygen atoms in total. The number of aromatic nitrogens is 6. The molecule has 0 spiro atoms. The Morgan fingerprint density at radius 3 is 2.69 bits per heavy atom. The summed E-state index contributed by atoms with van der Waals surface area (Å²) in [6.45, 7) is 2.47. The number of aryl methyl sites for hydroxylation is 1. The lowest BCUT2D eigenvalue weighted by Gasteiger charge is -2.04. The van der Waals surface area contributed by atoms with Gasteiger partial charge in [0.15, 0.2) is 5.82 Å². The molecule has 2 N–H and O–H groups in total. The minimum absolute atomic E-state index is 0.249. The number of nitrogens with one attached hydrogen (secondary N) is 2. The fraction of sp³-hybridized carbons (Fsp3) is 0.0741. The van der Waals surface area contributed by atoms with Crippen molar-refractivity contribution in [3.63, 3.8) is 0 Å². The zero-order chi connectivity index (χ0) is 24.0. The maximum absolute atomic E-state index is 12.7. The number of hydrogen-bond acceptors (Lipinski definition) is 5. The van der Waals surface area contributed by atoms with E-state index in [4.69, 9.17) is 5.10 Å². The van der Waals surface area contributed by atoms with Gasteiger partial charge in [-0.15, -0.1) is 0 Å². The van der Waals surface area contributed by atoms with Crippen LogP contribution in [0.3, 0.4) is 0 Å². The molecular weight excluding hydrogens is 438 g/mol. The highest BCUT2D eigenvalue weighted by molar-refractivity contribution is 6.02. The van der Waals surface area contributed by atoms with Crippen LogP contribution in [0, 0.1) is 6.92 Å². The summed E-state index contributed by atoms with van der Waals surface area (Å²) in [5.74, 6) is 1.07. The van der Waals surface area contributed by atoms with E-state index in [1.807, 2.05) is 72.4 Å². The van der Waals surface area contributed by atoms with Gasteiger partial charge in [0.1, 0.15) is 11.5 Å². The summed E-state index contributed by atoms with van der Waals surface area (Å²) < 4.78 is 1.87. The number of rotatable bonds is 7. The number of carbonyl (C=O) groups is 1. The Hall–Kier alpha value is -4.85. The number of aromatic amines is 1. The van der Waals surface area contributed by atoms with Gasteiger partial charge in [0.25, 0.3) is 0 Å². The summed E-state index contributed by atoms with van der Waals surface area (Å²) in [5, 5.41) is 14.7. The van der Waals surface area contributed by atoms with Crippen LogP contribution in [-0.4, -0.2) is 35.9 Å². The predicted octanol–water partition coefficient (Wildman–Crippen LogP) is 4.74. The Morgan fingerprint density at radius 2 is 1.91 bits per heavy atom. The van der Waals surface area contributed by atoms with Crippen LogP contribution in [0.15, 0.2) is 91.4 Å². The van der Waals surface area contributed by atoms with Crippen LogP contribution >= 0.6 is 0 Å². The van der Waals surface area contributed by atoms with E-state index in [1.54, 1.807) is 18.5 Å². The molecule has 0 aliphatic heterocycles. The Bertz CT molecular complexity index is 1470. The summed E-state index contributed by atoms with van der Waals surface area (Å²) in [6.07, 6.45) is 8.71. The van der Waals surface area contributed by atoms with Crippen molar-refractivity contribution in [1.29, 1.82) is 0 Å². The third-order valence-corrected chi connectivity index (χ3v) is 5.31. The van der Waals surface area contributed by atoms with Crippen molar-refractivity contribution in [2.24, 2.45) is 0 Å². The van der Waals surface area contributed by atoms with Gasteiger partial charge in [0, 0.05) is 47.0 Å². The standard InChI is InChI=1S/C27H23N7O/c1-19-29-27(32-31-19)21-9-5-11-24(15-21)30-25(35)13-12-23-18-34(17-20-7-3-2-4-8-20)33-26(23)22-10-6-14-28-16-22/h2-16,18H,17H2,1H3,(H,30,35)(H,29,31,32)/b13-12+. The first-order valence-electron chi connectivity index (χ1n) is 11.1. The molecule has 0 atom stereocenters. The van der Waals surface area contributed by atoms with E-state index in [0.29, 0.717) is 18.1 Å². The molecule has 35 heavy (non-hydrogen) atoms. The van der Waals surface area contributed by atoms with E-state index < -0.39 is 0 Å². The highest BCUT2D eigenvalue weighted by atomic mass is 16.1. The number of anilines is 1. The van der Waals surface area contributed by atoms with Gasteiger partial charge in [0.2, 0.25) is 5.91 Å². The average Bonchev–Trinajstić information content (AvgIpc) is 3.50. The van der Waals surface area contributed by atoms with Gasteiger partial charge in [-0.25, -0.2) is 4.98 Å². The lowest BCUT2D eigenvalue weighted by atomic mass is 10.1. The first-order chi connectivity index (χ1) is 17.1. The first kappa shape index (κ1) is 22.0. The van der Waals surface area contributed by atoms with Crippen LogP contribution in [0.2, 0.25) is 0 Å². The van der Waals surface area contributed by atoms with Gasteiger partial charge in [0.05, 0.1) is 6.54 Å². The lowest BCUT2D eigenvalue weighted by molar-refractivity contribution is -0.111. The molecule has 5 aromatic rings. The zero-order valence-electron chi connectivity index (χ0n) is 19.1. The van der Waals surface area contributed by atoms with E-state index >= 15 is 0 Å². The molecule has 0 saturated carbocycles. The highest BCUT2D eigenvalue weighted by Gasteiger charge is 2.11. The quantitative estimate of drug-likeness (QED) is 0.341. The molecular formula is C27H23N7O. The number of pyridine rings is 1. The Morgan fingerprint density at radius 1 is 1.06 bits per heavy atom. The molecule has 8 heteroatoms. The predicted molar refractivity (Wildman–Crippen MR) is 135 cm³/mol. The third-order valence-electron chi connectivity index (χ3n) is 5.31. The number of carbonyl (C=O) groups excluding carboxylic acids is 1. The minimum atomic E-state index is -0.249. The molecule has 3 heterocycles. The van der Waals surface area contributed by atoms with E-state index in [9.17, 15) is 4.79 Å². The first-order valence-corrected chi connectivity index (χ1v) is 11.1. The third kappa shape index (κ3) is 5.39. The second-order valence-electron chi connectivity index (χ2n) is 8.01. The van der Waals surface area contributed by atoms with Crippen LogP contribution in [-0.2, 0) is 11.3 Å². The highest BCUT2D eigenvalue weighted by Crippen LogP contribution is 2.23. The van der Waals surface area contributed by atoms with Crippen molar-refractivity contribution < 1.29 is 4.79 Å². The summed E-state index contributed by atoms with van der Waals surface area (Å²) in [7, 11) is 0. The largest absolute Gasteiger partial charge is 0.322 e. The van der Waals surface area contributed by atoms with Gasteiger partial charge in [-0.3, -0.25) is 19.6 Å². The molecule has 0 fully saturated rings. The summed E-state index contributed by atoms with van der Waals surface area (Å²) in [6, 6.07) is 21.4. The molecule has 1 amide bonds. The van der Waals surface area contributed by atoms with E-state index in [0.717, 1.165) is 33.8 Å². The molecule has 0 unspecified atom stereocenters. The van der Waals surface area contributed by atoms with Gasteiger partial charge in [-0.05, 0) is 42.8 Å². The molecule has 3 aromatic heterocycles. The van der Waals surface area contributed by atoms with E-state index in [1.165, 1.54) is 6.08 Å². The normalized spacial score (nSPS) is 11.1. The average molecular weight is 462 g/mol. The van der Waals surface area contributed by atoms with Gasteiger partial charge in [-0.2, -0.15) is 10.2 Å². The molecule has 5 rings (SSSR count). The van der Waals surface area contributed by atoms with Crippen molar-refractivity contribution in [3.05, 3.63) is 108 Å². The van der Waals surface area contributed by atoms with Crippen LogP contribution < -0.4 is 5.32 Å². The molecule has 2 aromatic carbocycles. The minimum Gasteiger partial charge on any atom is -0.322 e. The summed E-state index contributed by atoms with van der Waals surface area (Å²) >= 11 is 0. The maximum atomic E-state index is 12.7. The Kier molecular flexibility index (Phi) is 6.25. The molecule has 0 aliphatic carbocycles. The zero-order valence-corrected chi connectivity index (χ0v) is 19.1. The van der Waals surface area contributed by atoms with E-state index in [-0.39, 0.29) is 5.91 Å². The van der Waals surface area contributed by atoms with Crippen LogP contribution in [0.25, 0.3) is 28.7 Å². The Balaban J connectivity index is 1.36.